The van der Waals surface area contributed by atoms with Crippen LogP contribution in [0.1, 0.15) is 11.1 Å². The van der Waals surface area contributed by atoms with Gasteiger partial charge in [0.15, 0.2) is 0 Å². The number of hydrogen-bond donors (Lipinski definition) is 1. The lowest BCUT2D eigenvalue weighted by Crippen LogP contribution is -2.13. The molecule has 0 aliphatic rings. The number of carbonyl (C=O) groups excluding carboxylic acids is 1. The van der Waals surface area contributed by atoms with Gasteiger partial charge in [0.2, 0.25) is 0 Å². The Morgan fingerprint density at radius 1 is 1.10 bits per heavy atom. The monoisotopic (exact) mass is 452 g/mol. The van der Waals surface area contributed by atoms with Crippen molar-refractivity contribution in [2.45, 2.75) is 6.61 Å². The van der Waals surface area contributed by atoms with Crippen LogP contribution in [0.3, 0.4) is 0 Å². The van der Waals surface area contributed by atoms with Gasteiger partial charge < -0.3 is 14.8 Å². The van der Waals surface area contributed by atoms with Gasteiger partial charge in [-0.05, 0) is 48.0 Å². The van der Waals surface area contributed by atoms with Crippen molar-refractivity contribution in [1.82, 2.24) is 0 Å². The first-order valence-electron chi connectivity index (χ1n) is 9.23. The first-order chi connectivity index (χ1) is 15.0. The molecule has 0 unspecified atom stereocenters. The van der Waals surface area contributed by atoms with Crippen LogP contribution in [0, 0.1) is 11.3 Å². The Bertz CT molecular complexity index is 1170. The molecule has 0 radical (unpaired) electrons. The maximum atomic E-state index is 12.6. The number of carbonyl (C=O) groups is 1. The number of nitrogens with one attached hydrogen (secondary N) is 1. The Kier molecular flexibility index (Phi) is 7.55. The predicted molar refractivity (Wildman–Crippen MR) is 122 cm³/mol. The van der Waals surface area contributed by atoms with Crippen LogP contribution < -0.4 is 14.8 Å². The molecule has 1 amide bonds. The van der Waals surface area contributed by atoms with Gasteiger partial charge in [0.05, 0.1) is 17.8 Å². The lowest BCUT2D eigenvalue weighted by molar-refractivity contribution is -0.112. The van der Waals surface area contributed by atoms with E-state index in [2.05, 4.69) is 5.32 Å². The number of nitriles is 1. The number of anilines is 1. The minimum Gasteiger partial charge on any atom is -0.497 e. The first kappa shape index (κ1) is 22.2. The zero-order valence-electron chi connectivity index (χ0n) is 16.6. The van der Waals surface area contributed by atoms with Crippen molar-refractivity contribution in [3.8, 4) is 17.6 Å². The number of rotatable bonds is 7. The quantitative estimate of drug-likeness (QED) is 0.345. The Balaban J connectivity index is 1.87. The zero-order chi connectivity index (χ0) is 22.2. The summed E-state index contributed by atoms with van der Waals surface area (Å²) in [4.78, 5) is 12.6. The maximum Gasteiger partial charge on any atom is 0.266 e. The van der Waals surface area contributed by atoms with Crippen LogP contribution in [-0.4, -0.2) is 13.0 Å². The second-order valence-electron chi connectivity index (χ2n) is 6.43. The molecular weight excluding hydrogens is 435 g/mol. The molecule has 0 heterocycles. The summed E-state index contributed by atoms with van der Waals surface area (Å²) in [5.41, 5.74) is 1.75. The van der Waals surface area contributed by atoms with Gasteiger partial charge in [-0.1, -0.05) is 47.5 Å². The van der Waals surface area contributed by atoms with E-state index in [-0.39, 0.29) is 12.2 Å². The van der Waals surface area contributed by atoms with Crippen molar-refractivity contribution in [3.63, 3.8) is 0 Å². The fourth-order valence-corrected chi connectivity index (χ4v) is 3.13. The smallest absolute Gasteiger partial charge is 0.266 e. The molecule has 0 aromatic heterocycles. The van der Waals surface area contributed by atoms with E-state index < -0.39 is 5.91 Å². The molecule has 0 fully saturated rings. The average molecular weight is 453 g/mol. The van der Waals surface area contributed by atoms with Gasteiger partial charge in [-0.25, -0.2) is 0 Å². The number of halogens is 2. The van der Waals surface area contributed by atoms with Gasteiger partial charge in [0, 0.05) is 16.7 Å². The molecule has 156 valence electrons. The molecule has 0 spiro atoms. The second kappa shape index (κ2) is 10.5. The molecule has 0 saturated heterocycles. The van der Waals surface area contributed by atoms with Gasteiger partial charge in [-0.2, -0.15) is 5.26 Å². The Labute approximate surface area is 190 Å². The van der Waals surface area contributed by atoms with Crippen molar-refractivity contribution in [2.24, 2.45) is 0 Å². The van der Waals surface area contributed by atoms with E-state index in [0.717, 1.165) is 5.56 Å². The number of para-hydroxylation sites is 1. The van der Waals surface area contributed by atoms with Crippen molar-refractivity contribution in [2.75, 3.05) is 12.4 Å². The highest BCUT2D eigenvalue weighted by Gasteiger charge is 2.13. The molecule has 1 N–H and O–H groups in total. The summed E-state index contributed by atoms with van der Waals surface area (Å²) >= 11 is 12.1. The molecule has 3 rings (SSSR count). The summed E-state index contributed by atoms with van der Waals surface area (Å²) in [6.07, 6.45) is 1.46. The fraction of sp³-hybridized carbons (Fsp3) is 0.0833. The summed E-state index contributed by atoms with van der Waals surface area (Å²) in [6, 6.07) is 21.2. The van der Waals surface area contributed by atoms with Gasteiger partial charge in [0.25, 0.3) is 5.91 Å². The van der Waals surface area contributed by atoms with Crippen LogP contribution in [0.25, 0.3) is 6.08 Å². The largest absolute Gasteiger partial charge is 0.497 e. The van der Waals surface area contributed by atoms with Gasteiger partial charge >= 0.3 is 0 Å². The van der Waals surface area contributed by atoms with Crippen LogP contribution in [0.15, 0.2) is 72.3 Å². The van der Waals surface area contributed by atoms with Gasteiger partial charge in [-0.15, -0.1) is 0 Å². The number of benzene rings is 3. The normalized spacial score (nSPS) is 10.8. The summed E-state index contributed by atoms with van der Waals surface area (Å²) in [7, 11) is 1.54. The highest BCUT2D eigenvalue weighted by Crippen LogP contribution is 2.28. The molecule has 0 saturated carbocycles. The standard InChI is InChI=1S/C24H18Cl2N2O3/c1-30-20-10-9-17(23(13-20)31-15-16-5-4-6-19(25)11-16)12-18(14-27)24(29)28-22-8-3-2-7-21(22)26/h2-13H,15H2,1H3,(H,28,29)/b18-12+. The minimum absolute atomic E-state index is 0.0994. The third-order valence-electron chi connectivity index (χ3n) is 4.29. The number of hydrogen-bond acceptors (Lipinski definition) is 4. The third-order valence-corrected chi connectivity index (χ3v) is 4.86. The lowest BCUT2D eigenvalue weighted by Gasteiger charge is -2.12. The van der Waals surface area contributed by atoms with Crippen molar-refractivity contribution >= 4 is 40.9 Å². The molecule has 0 bridgehead atoms. The van der Waals surface area contributed by atoms with Crippen molar-refractivity contribution < 1.29 is 14.3 Å². The molecule has 7 heteroatoms. The van der Waals surface area contributed by atoms with Gasteiger partial charge in [-0.3, -0.25) is 4.79 Å². The highest BCUT2D eigenvalue weighted by atomic mass is 35.5. The SMILES string of the molecule is COc1ccc(/C=C(\C#N)C(=O)Nc2ccccc2Cl)c(OCc2cccc(Cl)c2)c1. The van der Waals surface area contributed by atoms with Crippen LogP contribution >= 0.6 is 23.2 Å². The summed E-state index contributed by atoms with van der Waals surface area (Å²) in [5, 5.41) is 13.2. The average Bonchev–Trinajstić information content (AvgIpc) is 2.78. The molecule has 3 aromatic rings. The molecule has 0 aliphatic heterocycles. The van der Waals surface area contributed by atoms with Crippen molar-refractivity contribution in [1.29, 1.82) is 5.26 Å². The van der Waals surface area contributed by atoms with Crippen LogP contribution in [0.4, 0.5) is 5.69 Å². The van der Waals surface area contributed by atoms with E-state index in [1.807, 2.05) is 18.2 Å². The van der Waals surface area contributed by atoms with Crippen LogP contribution in [-0.2, 0) is 11.4 Å². The Morgan fingerprint density at radius 3 is 2.61 bits per heavy atom. The maximum absolute atomic E-state index is 12.6. The predicted octanol–water partition coefficient (Wildman–Crippen LogP) is 6.13. The zero-order valence-corrected chi connectivity index (χ0v) is 18.1. The van der Waals surface area contributed by atoms with Gasteiger partial charge in [0.1, 0.15) is 29.7 Å². The van der Waals surface area contributed by atoms with E-state index >= 15 is 0 Å². The molecule has 5 nitrogen and oxygen atoms in total. The Morgan fingerprint density at radius 2 is 1.90 bits per heavy atom. The van der Waals surface area contributed by atoms with E-state index in [1.54, 1.807) is 61.7 Å². The third kappa shape index (κ3) is 6.02. The lowest BCUT2D eigenvalue weighted by atomic mass is 10.1. The number of ether oxygens (including phenoxy) is 2. The van der Waals surface area contributed by atoms with E-state index in [9.17, 15) is 10.1 Å². The van der Waals surface area contributed by atoms with Crippen LogP contribution in [0.2, 0.25) is 10.0 Å². The first-order valence-corrected chi connectivity index (χ1v) is 9.98. The molecule has 0 aliphatic carbocycles. The molecular formula is C24H18Cl2N2O3. The minimum atomic E-state index is -0.577. The molecule has 3 aromatic carbocycles. The fourth-order valence-electron chi connectivity index (χ4n) is 2.73. The van der Waals surface area contributed by atoms with E-state index in [0.29, 0.717) is 32.8 Å². The van der Waals surface area contributed by atoms with Crippen LogP contribution in [0.5, 0.6) is 11.5 Å². The Hall–Kier alpha value is -3.46. The number of amides is 1. The summed E-state index contributed by atoms with van der Waals surface area (Å²) < 4.78 is 11.2. The topological polar surface area (TPSA) is 71.3 Å². The second-order valence-corrected chi connectivity index (χ2v) is 7.27. The summed E-state index contributed by atoms with van der Waals surface area (Å²) in [5.74, 6) is 0.460. The highest BCUT2D eigenvalue weighted by molar-refractivity contribution is 6.34. The number of nitrogens with zero attached hydrogens (tertiary/aromatic N) is 1. The van der Waals surface area contributed by atoms with E-state index in [1.165, 1.54) is 6.08 Å². The van der Waals surface area contributed by atoms with E-state index in [4.69, 9.17) is 32.7 Å². The van der Waals surface area contributed by atoms with Crippen molar-refractivity contribution in [3.05, 3.63) is 93.5 Å². The molecule has 31 heavy (non-hydrogen) atoms. The number of methoxy groups -OCH3 is 1. The summed E-state index contributed by atoms with van der Waals surface area (Å²) in [6.45, 7) is 0.252. The molecule has 0 atom stereocenters.